The van der Waals surface area contributed by atoms with Crippen molar-refractivity contribution in [2.24, 2.45) is 0 Å². The first-order valence-corrected chi connectivity index (χ1v) is 8.18. The zero-order valence-corrected chi connectivity index (χ0v) is 12.5. The largest absolute Gasteiger partial charge is 0.508 e. The van der Waals surface area contributed by atoms with Crippen LogP contribution in [0.4, 0.5) is 0 Å². The molecule has 0 saturated heterocycles. The van der Waals surface area contributed by atoms with Gasteiger partial charge in [0.05, 0.1) is 5.60 Å². The Morgan fingerprint density at radius 2 is 2.26 bits per heavy atom. The summed E-state index contributed by atoms with van der Waals surface area (Å²) in [7, 11) is 0. The second-order valence-corrected chi connectivity index (χ2v) is 6.50. The van der Waals surface area contributed by atoms with Crippen LogP contribution in [0.25, 0.3) is 0 Å². The fourth-order valence-corrected chi connectivity index (χ4v) is 3.43. The summed E-state index contributed by atoms with van der Waals surface area (Å²) in [6, 6.07) is 5.86. The van der Waals surface area contributed by atoms with E-state index in [9.17, 15) is 10.2 Å². The third kappa shape index (κ3) is 3.88. The highest BCUT2D eigenvalue weighted by Crippen LogP contribution is 2.32. The summed E-state index contributed by atoms with van der Waals surface area (Å²) in [5.74, 6) is 1.04. The molecule has 0 amide bonds. The quantitative estimate of drug-likeness (QED) is 0.776. The van der Waals surface area contributed by atoms with Crippen LogP contribution in [0.2, 0.25) is 0 Å². The summed E-state index contributed by atoms with van der Waals surface area (Å²) in [5, 5.41) is 23.3. The van der Waals surface area contributed by atoms with Gasteiger partial charge < -0.3 is 15.5 Å². The molecule has 0 aliphatic heterocycles. The number of aliphatic hydroxyl groups is 1. The topological polar surface area (TPSA) is 52.5 Å². The van der Waals surface area contributed by atoms with E-state index < -0.39 is 5.60 Å². The monoisotopic (exact) mass is 281 g/mol. The van der Waals surface area contributed by atoms with Crippen molar-refractivity contribution in [1.29, 1.82) is 0 Å². The minimum atomic E-state index is -0.687. The summed E-state index contributed by atoms with van der Waals surface area (Å²) in [5.41, 5.74) is 1.81. The van der Waals surface area contributed by atoms with E-state index in [0.29, 0.717) is 12.3 Å². The van der Waals surface area contributed by atoms with E-state index in [1.165, 1.54) is 11.1 Å². The first kappa shape index (κ1) is 14.7. The van der Waals surface area contributed by atoms with Crippen molar-refractivity contribution >= 4 is 11.8 Å². The lowest BCUT2D eigenvalue weighted by Crippen LogP contribution is -2.42. The molecule has 0 saturated carbocycles. The van der Waals surface area contributed by atoms with Crippen LogP contribution in [0.15, 0.2) is 18.2 Å². The predicted octanol–water partition coefficient (Wildman–Crippen LogP) is 2.47. The minimum absolute atomic E-state index is 0.240. The number of nitrogens with one attached hydrogen (secondary N) is 1. The molecule has 1 aromatic rings. The van der Waals surface area contributed by atoms with Gasteiger partial charge in [0.15, 0.2) is 0 Å². The highest BCUT2D eigenvalue weighted by molar-refractivity contribution is 7.98. The van der Waals surface area contributed by atoms with Crippen LogP contribution in [-0.4, -0.2) is 34.4 Å². The van der Waals surface area contributed by atoms with Crippen molar-refractivity contribution in [3.05, 3.63) is 29.3 Å². The number of rotatable bonds is 5. The average molecular weight is 281 g/mol. The van der Waals surface area contributed by atoms with Crippen LogP contribution in [0, 0.1) is 0 Å². The van der Waals surface area contributed by atoms with Gasteiger partial charge in [-0.15, -0.1) is 0 Å². The second kappa shape index (κ2) is 6.16. The molecule has 0 aromatic heterocycles. The van der Waals surface area contributed by atoms with E-state index in [1.807, 2.05) is 25.3 Å². The molecular weight excluding hydrogens is 258 g/mol. The van der Waals surface area contributed by atoms with Crippen molar-refractivity contribution in [2.75, 3.05) is 18.6 Å². The Labute approximate surface area is 119 Å². The number of phenols is 1. The lowest BCUT2D eigenvalue weighted by atomic mass is 9.87. The minimum Gasteiger partial charge on any atom is -0.508 e. The molecule has 0 bridgehead atoms. The van der Waals surface area contributed by atoms with E-state index in [1.54, 1.807) is 17.8 Å². The molecule has 4 heteroatoms. The van der Waals surface area contributed by atoms with Crippen LogP contribution in [0.5, 0.6) is 5.75 Å². The van der Waals surface area contributed by atoms with Gasteiger partial charge in [0, 0.05) is 18.3 Å². The van der Waals surface area contributed by atoms with Gasteiger partial charge in [-0.2, -0.15) is 11.8 Å². The molecule has 106 valence electrons. The third-order valence-electron chi connectivity index (χ3n) is 3.63. The maximum atomic E-state index is 10.2. The van der Waals surface area contributed by atoms with Gasteiger partial charge >= 0.3 is 0 Å². The van der Waals surface area contributed by atoms with E-state index in [-0.39, 0.29) is 6.04 Å². The van der Waals surface area contributed by atoms with E-state index in [0.717, 1.165) is 25.0 Å². The lowest BCUT2D eigenvalue weighted by Gasteiger charge is -2.30. The summed E-state index contributed by atoms with van der Waals surface area (Å²) < 4.78 is 0. The zero-order valence-electron chi connectivity index (χ0n) is 11.6. The van der Waals surface area contributed by atoms with Gasteiger partial charge in [-0.25, -0.2) is 0 Å². The van der Waals surface area contributed by atoms with Crippen molar-refractivity contribution < 1.29 is 10.2 Å². The van der Waals surface area contributed by atoms with E-state index in [2.05, 4.69) is 5.32 Å². The Kier molecular flexibility index (Phi) is 4.76. The Balaban J connectivity index is 2.05. The number of aromatic hydroxyl groups is 1. The number of thioether (sulfide) groups is 1. The average Bonchev–Trinajstić information content (AvgIpc) is 2.36. The molecule has 2 unspecified atom stereocenters. The van der Waals surface area contributed by atoms with Crippen molar-refractivity contribution in [2.45, 2.75) is 37.8 Å². The molecule has 3 nitrogen and oxygen atoms in total. The van der Waals surface area contributed by atoms with Crippen LogP contribution in [0.1, 0.15) is 36.9 Å². The fraction of sp³-hybridized carbons (Fsp3) is 0.600. The Morgan fingerprint density at radius 3 is 3.00 bits per heavy atom. The van der Waals surface area contributed by atoms with Crippen molar-refractivity contribution in [3.63, 3.8) is 0 Å². The number of phenolic OH excluding ortho intramolecular Hbond substituents is 1. The SMILES string of the molecule is CSCC(C)(O)CNC1CCCc2ccc(O)cc21. The number of fused-ring (bicyclic) bond motifs is 1. The standard InChI is InChI=1S/C15H23NO2S/c1-15(18,10-19-2)9-16-14-5-3-4-11-6-7-12(17)8-13(11)14/h6-8,14,16-18H,3-5,9-10H2,1-2H3. The lowest BCUT2D eigenvalue weighted by molar-refractivity contribution is 0.0806. The molecule has 0 heterocycles. The first-order chi connectivity index (χ1) is 9.02. The van der Waals surface area contributed by atoms with E-state index in [4.69, 9.17) is 0 Å². The van der Waals surface area contributed by atoms with Crippen LogP contribution in [-0.2, 0) is 6.42 Å². The molecule has 0 spiro atoms. The molecule has 1 aromatic carbocycles. The predicted molar refractivity (Wildman–Crippen MR) is 80.8 cm³/mol. The van der Waals surface area contributed by atoms with Crippen LogP contribution < -0.4 is 5.32 Å². The molecule has 3 N–H and O–H groups in total. The molecule has 1 aliphatic rings. The van der Waals surface area contributed by atoms with Gasteiger partial charge in [-0.1, -0.05) is 6.07 Å². The van der Waals surface area contributed by atoms with E-state index >= 15 is 0 Å². The number of aryl methyl sites for hydroxylation is 1. The Morgan fingerprint density at radius 1 is 1.47 bits per heavy atom. The summed E-state index contributed by atoms with van der Waals surface area (Å²) >= 11 is 1.65. The Hall–Kier alpha value is -0.710. The molecule has 2 rings (SSSR count). The number of hydrogen-bond donors (Lipinski definition) is 3. The number of benzene rings is 1. The number of hydrogen-bond acceptors (Lipinski definition) is 4. The molecule has 1 aliphatic carbocycles. The zero-order chi connectivity index (χ0) is 13.9. The maximum absolute atomic E-state index is 10.2. The van der Waals surface area contributed by atoms with Gasteiger partial charge in [0.1, 0.15) is 5.75 Å². The summed E-state index contributed by atoms with van der Waals surface area (Å²) in [4.78, 5) is 0. The summed E-state index contributed by atoms with van der Waals surface area (Å²) in [6.07, 6.45) is 5.29. The highest BCUT2D eigenvalue weighted by Gasteiger charge is 2.25. The van der Waals surface area contributed by atoms with Crippen molar-refractivity contribution in [1.82, 2.24) is 5.32 Å². The normalized spacial score (nSPS) is 21.7. The Bertz CT molecular complexity index is 434. The molecule has 0 radical (unpaired) electrons. The van der Waals surface area contributed by atoms with Crippen molar-refractivity contribution in [3.8, 4) is 5.75 Å². The molecular formula is C15H23NO2S. The highest BCUT2D eigenvalue weighted by atomic mass is 32.2. The molecule has 0 fully saturated rings. The second-order valence-electron chi connectivity index (χ2n) is 5.64. The van der Waals surface area contributed by atoms with Gasteiger partial charge in [0.25, 0.3) is 0 Å². The smallest absolute Gasteiger partial charge is 0.115 e. The summed E-state index contributed by atoms with van der Waals surface area (Å²) in [6.45, 7) is 2.44. The van der Waals surface area contributed by atoms with Gasteiger partial charge in [-0.3, -0.25) is 0 Å². The molecule has 19 heavy (non-hydrogen) atoms. The van der Waals surface area contributed by atoms with Crippen LogP contribution >= 0.6 is 11.8 Å². The van der Waals surface area contributed by atoms with Crippen LogP contribution in [0.3, 0.4) is 0 Å². The molecule has 2 atom stereocenters. The maximum Gasteiger partial charge on any atom is 0.115 e. The first-order valence-electron chi connectivity index (χ1n) is 6.78. The van der Waals surface area contributed by atoms with Gasteiger partial charge in [0.2, 0.25) is 0 Å². The third-order valence-corrected chi connectivity index (χ3v) is 4.54. The fourth-order valence-electron chi connectivity index (χ4n) is 2.70. The van der Waals surface area contributed by atoms with Gasteiger partial charge in [-0.05, 0) is 55.7 Å².